The molecule has 4 fully saturated rings. The number of piperidine rings is 3. The quantitative estimate of drug-likeness (QED) is 0.819. The third-order valence-corrected chi connectivity index (χ3v) is 7.66. The second kappa shape index (κ2) is 7.46. The fourth-order valence-corrected chi connectivity index (χ4v) is 5.73. The number of rotatable bonds is 4. The van der Waals surface area contributed by atoms with Gasteiger partial charge >= 0.3 is 0 Å². The van der Waals surface area contributed by atoms with E-state index in [9.17, 15) is 9.59 Å². The van der Waals surface area contributed by atoms with E-state index in [1.165, 1.54) is 0 Å². The summed E-state index contributed by atoms with van der Waals surface area (Å²) in [5, 5.41) is 3.85. The Balaban J connectivity index is 1.39. The number of pyridine rings is 1. The van der Waals surface area contributed by atoms with Crippen LogP contribution in [-0.2, 0) is 9.59 Å². The molecule has 1 saturated carbocycles. The summed E-state index contributed by atoms with van der Waals surface area (Å²) in [6.07, 6.45) is 5.81. The van der Waals surface area contributed by atoms with Crippen LogP contribution in [0, 0.1) is 24.7 Å². The van der Waals surface area contributed by atoms with E-state index in [4.69, 9.17) is 16.6 Å². The van der Waals surface area contributed by atoms with Crippen LogP contribution in [0.15, 0.2) is 12.1 Å². The molecule has 2 amide bonds. The molecule has 3 aliphatic heterocycles. The predicted molar refractivity (Wildman–Crippen MR) is 112 cm³/mol. The molecule has 6 nitrogen and oxygen atoms in total. The fourth-order valence-electron chi connectivity index (χ4n) is 5.63. The molecule has 0 radical (unpaired) electrons. The van der Waals surface area contributed by atoms with Gasteiger partial charge in [0.1, 0.15) is 5.82 Å². The third-order valence-electron chi connectivity index (χ3n) is 7.26. The molecule has 1 aromatic rings. The van der Waals surface area contributed by atoms with Gasteiger partial charge in [-0.2, -0.15) is 0 Å². The van der Waals surface area contributed by atoms with Crippen LogP contribution in [0.2, 0.25) is 5.02 Å². The van der Waals surface area contributed by atoms with Gasteiger partial charge in [-0.1, -0.05) is 11.6 Å². The minimum Gasteiger partial charge on any atom is -0.356 e. The Bertz CT molecular complexity index is 827. The summed E-state index contributed by atoms with van der Waals surface area (Å²) >= 11 is 6.18. The van der Waals surface area contributed by atoms with Gasteiger partial charge in [-0.15, -0.1) is 0 Å². The van der Waals surface area contributed by atoms with Gasteiger partial charge in [0.25, 0.3) is 0 Å². The highest BCUT2D eigenvalue weighted by molar-refractivity contribution is 6.31. The molecule has 4 atom stereocenters. The maximum Gasteiger partial charge on any atom is 0.223 e. The molecule has 5 rings (SSSR count). The molecule has 4 heterocycles. The third kappa shape index (κ3) is 3.60. The molecule has 4 aliphatic rings. The lowest BCUT2D eigenvalue weighted by atomic mass is 9.72. The van der Waals surface area contributed by atoms with Crippen LogP contribution in [0.5, 0.6) is 0 Å². The van der Waals surface area contributed by atoms with E-state index >= 15 is 0 Å². The van der Waals surface area contributed by atoms with Gasteiger partial charge in [0.05, 0.1) is 16.8 Å². The molecular weight excluding hydrogens is 388 g/mol. The number of carbonyl (C=O) groups is 2. The second-order valence-corrected chi connectivity index (χ2v) is 9.65. The van der Waals surface area contributed by atoms with E-state index < -0.39 is 0 Å². The number of amides is 2. The van der Waals surface area contributed by atoms with Crippen molar-refractivity contribution in [3.8, 4) is 0 Å². The maximum absolute atomic E-state index is 12.9. The van der Waals surface area contributed by atoms with Gasteiger partial charge in [-0.3, -0.25) is 9.59 Å². The topological polar surface area (TPSA) is 65.5 Å². The predicted octanol–water partition coefficient (Wildman–Crippen LogP) is 2.78. The Kier molecular flexibility index (Phi) is 4.93. The monoisotopic (exact) mass is 416 g/mol. The first kappa shape index (κ1) is 19.2. The highest BCUT2D eigenvalue weighted by atomic mass is 35.5. The molecular formula is C22H29ClN4O2. The zero-order valence-electron chi connectivity index (χ0n) is 16.9. The Labute approximate surface area is 177 Å². The maximum atomic E-state index is 12.9. The summed E-state index contributed by atoms with van der Waals surface area (Å²) in [6.45, 7) is 4.31. The molecule has 156 valence electrons. The van der Waals surface area contributed by atoms with Crippen LogP contribution in [0.4, 0.5) is 5.82 Å². The highest BCUT2D eigenvalue weighted by Crippen LogP contribution is 2.42. The van der Waals surface area contributed by atoms with Crippen molar-refractivity contribution in [1.29, 1.82) is 0 Å². The average Bonchev–Trinajstić information content (AvgIpc) is 3.55. The lowest BCUT2D eigenvalue weighted by Gasteiger charge is -2.56. The van der Waals surface area contributed by atoms with Crippen molar-refractivity contribution in [1.82, 2.24) is 15.2 Å². The van der Waals surface area contributed by atoms with Crippen molar-refractivity contribution >= 4 is 29.2 Å². The van der Waals surface area contributed by atoms with Crippen molar-refractivity contribution in [3.63, 3.8) is 0 Å². The number of nitrogens with one attached hydrogen (secondary N) is 1. The molecule has 7 heteroatoms. The first-order chi connectivity index (χ1) is 14.0. The molecule has 1 aliphatic carbocycles. The smallest absolute Gasteiger partial charge is 0.223 e. The van der Waals surface area contributed by atoms with E-state index in [0.29, 0.717) is 29.8 Å². The number of anilines is 1. The van der Waals surface area contributed by atoms with Crippen LogP contribution in [0.1, 0.15) is 44.2 Å². The largest absolute Gasteiger partial charge is 0.356 e. The number of aryl methyl sites for hydroxylation is 1. The molecule has 0 aromatic carbocycles. The number of hydrogen-bond acceptors (Lipinski definition) is 4. The molecule has 0 unspecified atom stereocenters. The van der Waals surface area contributed by atoms with Gasteiger partial charge < -0.3 is 15.1 Å². The molecule has 0 spiro atoms. The molecule has 3 saturated heterocycles. The second-order valence-electron chi connectivity index (χ2n) is 9.24. The Morgan fingerprint density at radius 3 is 2.79 bits per heavy atom. The van der Waals surface area contributed by atoms with E-state index in [1.54, 1.807) is 0 Å². The lowest BCUT2D eigenvalue weighted by Crippen LogP contribution is -2.67. The first-order valence-corrected chi connectivity index (χ1v) is 11.4. The summed E-state index contributed by atoms with van der Waals surface area (Å²) < 4.78 is 0. The van der Waals surface area contributed by atoms with Crippen molar-refractivity contribution < 1.29 is 9.59 Å². The fraction of sp³-hybridized carbons (Fsp3) is 0.682. The van der Waals surface area contributed by atoms with Gasteiger partial charge in [0.2, 0.25) is 11.8 Å². The van der Waals surface area contributed by atoms with E-state index in [1.807, 2.05) is 19.1 Å². The van der Waals surface area contributed by atoms with Crippen LogP contribution < -0.4 is 10.2 Å². The first-order valence-electron chi connectivity index (χ1n) is 11.0. The summed E-state index contributed by atoms with van der Waals surface area (Å²) in [5.74, 6) is 2.42. The minimum absolute atomic E-state index is 0.0861. The summed E-state index contributed by atoms with van der Waals surface area (Å²) in [5.41, 5.74) is 0.850. The highest BCUT2D eigenvalue weighted by Gasteiger charge is 2.49. The Hall–Kier alpha value is -1.82. The van der Waals surface area contributed by atoms with Crippen molar-refractivity contribution in [2.24, 2.45) is 17.8 Å². The van der Waals surface area contributed by atoms with E-state index in [-0.39, 0.29) is 29.8 Å². The standard InChI is InChI=1S/C22H29ClN4O2/c1-13-17(23)7-8-20(25-13)26-11-15-9-16(12-26)19(10-24-22(29)14-5-6-14)27-18(15)3-2-4-21(27)28/h7-8,14-16,18-19H,2-6,9-12H2,1H3,(H,24,29)/t15-,16+,18+,19+/m1/s1. The summed E-state index contributed by atoms with van der Waals surface area (Å²) in [4.78, 5) is 34.4. The average molecular weight is 417 g/mol. The van der Waals surface area contributed by atoms with Crippen LogP contribution >= 0.6 is 11.6 Å². The Morgan fingerprint density at radius 2 is 2.03 bits per heavy atom. The zero-order valence-corrected chi connectivity index (χ0v) is 17.7. The van der Waals surface area contributed by atoms with Gasteiger partial charge in [-0.25, -0.2) is 4.98 Å². The number of aromatic nitrogens is 1. The van der Waals surface area contributed by atoms with Gasteiger partial charge in [-0.05, 0) is 63.0 Å². The zero-order chi connectivity index (χ0) is 20.1. The number of carbonyl (C=O) groups excluding carboxylic acids is 2. The minimum atomic E-state index is 0.0861. The number of fused-ring (bicyclic) bond motifs is 4. The Morgan fingerprint density at radius 1 is 1.24 bits per heavy atom. The van der Waals surface area contributed by atoms with E-state index in [2.05, 4.69) is 15.1 Å². The molecule has 29 heavy (non-hydrogen) atoms. The van der Waals surface area contributed by atoms with Crippen molar-refractivity contribution in [2.45, 2.75) is 57.5 Å². The van der Waals surface area contributed by atoms with Gasteiger partial charge in [0, 0.05) is 38.0 Å². The summed E-state index contributed by atoms with van der Waals surface area (Å²) in [6, 6.07) is 4.30. The van der Waals surface area contributed by atoms with E-state index in [0.717, 1.165) is 56.7 Å². The number of halogens is 1. The number of nitrogens with zero attached hydrogens (tertiary/aromatic N) is 3. The van der Waals surface area contributed by atoms with Gasteiger partial charge in [0.15, 0.2) is 0 Å². The number of hydrogen-bond donors (Lipinski definition) is 1. The SMILES string of the molecule is Cc1nc(N2C[C@H]3C[C@@H](C2)[C@H](CNC(=O)C2CC2)N2C(=O)CCC[C@@H]32)ccc1Cl. The van der Waals surface area contributed by atoms with Crippen LogP contribution in [0.25, 0.3) is 0 Å². The van der Waals surface area contributed by atoms with Crippen molar-refractivity contribution in [2.75, 3.05) is 24.5 Å². The molecule has 2 bridgehead atoms. The van der Waals surface area contributed by atoms with Crippen LogP contribution in [0.3, 0.4) is 0 Å². The summed E-state index contributed by atoms with van der Waals surface area (Å²) in [7, 11) is 0. The normalized spacial score (nSPS) is 31.4. The van der Waals surface area contributed by atoms with Crippen molar-refractivity contribution in [3.05, 3.63) is 22.8 Å². The molecule has 1 N–H and O–H groups in total. The molecule has 1 aromatic heterocycles. The van der Waals surface area contributed by atoms with Crippen LogP contribution in [-0.4, -0.2) is 53.4 Å². The lowest BCUT2D eigenvalue weighted by molar-refractivity contribution is -0.149.